The van der Waals surface area contributed by atoms with Crippen LogP contribution in [0.2, 0.25) is 0 Å². The summed E-state index contributed by atoms with van der Waals surface area (Å²) in [5, 5.41) is 0. The zero-order valence-electron chi connectivity index (χ0n) is 22.0. The van der Waals surface area contributed by atoms with Crippen LogP contribution < -0.4 is 0 Å². The second kappa shape index (κ2) is 9.20. The first kappa shape index (κ1) is 24.6. The lowest BCUT2D eigenvalue weighted by atomic mass is 9.58. The maximum Gasteiger partial charge on any atom is 0.164 e. The van der Waals surface area contributed by atoms with E-state index in [9.17, 15) is 4.39 Å². The van der Waals surface area contributed by atoms with Gasteiger partial charge in [-0.2, -0.15) is 0 Å². The summed E-state index contributed by atoms with van der Waals surface area (Å²) in [6.07, 6.45) is 5.91. The summed E-state index contributed by atoms with van der Waals surface area (Å²) in [6.45, 7) is 9.54. The Balaban J connectivity index is 1.41. The van der Waals surface area contributed by atoms with Gasteiger partial charge in [-0.15, -0.1) is 0 Å². The minimum Gasteiger partial charge on any atom is -0.381 e. The number of hydrogen-bond acceptors (Lipinski definition) is 6. The third-order valence-corrected chi connectivity index (χ3v) is 9.07. The van der Waals surface area contributed by atoms with Crippen molar-refractivity contribution in [2.45, 2.75) is 59.1 Å². The first-order valence-corrected chi connectivity index (χ1v) is 13.2. The average molecular weight is 509 g/mol. The monoisotopic (exact) mass is 508 g/mol. The van der Waals surface area contributed by atoms with Gasteiger partial charge in [-0.05, 0) is 69.7 Å². The number of hydrogen-bond donors (Lipinski definition) is 0. The van der Waals surface area contributed by atoms with E-state index in [0.29, 0.717) is 58.6 Å². The molecule has 0 radical (unpaired) electrons. The number of pyridine rings is 1. The predicted molar refractivity (Wildman–Crippen MR) is 137 cm³/mol. The SMILES string of the molecule is COC1CC(Cn2c(-c3cncc(F)c3)nc3c(C)nc(C)nc32)=C(F)CC1(C)C1CN2CCC1CC2. The summed E-state index contributed by atoms with van der Waals surface area (Å²) >= 11 is 0. The molecule has 7 nitrogen and oxygen atoms in total. The quantitative estimate of drug-likeness (QED) is 0.482. The highest BCUT2D eigenvalue weighted by atomic mass is 19.1. The standard InChI is InChI=1S/C28H34F2N6O/c1-16-25-27(33-17(2)32-16)36(26(34-25)19-9-21(29)13-31-12-19)14-20-10-24(37-4)28(3,11-23(20)30)22-15-35-7-5-18(22)6-8-35/h9,12-13,18,22,24H,5-8,10-11,14-15H2,1-4H3. The minimum absolute atomic E-state index is 0.0695. The number of nitrogens with zero attached hydrogens (tertiary/aromatic N) is 6. The molecule has 0 amide bonds. The van der Waals surface area contributed by atoms with Gasteiger partial charge in [0.2, 0.25) is 0 Å². The number of ether oxygens (including phenoxy) is 1. The van der Waals surface area contributed by atoms with E-state index in [-0.39, 0.29) is 23.9 Å². The Morgan fingerprint density at radius 2 is 1.89 bits per heavy atom. The largest absolute Gasteiger partial charge is 0.381 e. The molecule has 3 fully saturated rings. The zero-order chi connectivity index (χ0) is 25.9. The lowest BCUT2D eigenvalue weighted by Gasteiger charge is -2.55. The molecular formula is C28H34F2N6O. The third-order valence-electron chi connectivity index (χ3n) is 9.07. The molecule has 3 aromatic heterocycles. The predicted octanol–water partition coefficient (Wildman–Crippen LogP) is 5.02. The van der Waals surface area contributed by atoms with Gasteiger partial charge in [0, 0.05) is 43.8 Å². The van der Waals surface area contributed by atoms with Crippen molar-refractivity contribution >= 4 is 11.2 Å². The van der Waals surface area contributed by atoms with Crippen molar-refractivity contribution in [2.24, 2.45) is 17.3 Å². The Hall–Kier alpha value is -2.78. The molecule has 6 heterocycles. The molecule has 1 aliphatic carbocycles. The van der Waals surface area contributed by atoms with Crippen molar-refractivity contribution in [3.63, 3.8) is 0 Å². The van der Waals surface area contributed by atoms with E-state index in [1.807, 2.05) is 18.4 Å². The number of aromatic nitrogens is 5. The fourth-order valence-electron chi connectivity index (χ4n) is 7.10. The number of rotatable bonds is 5. The van der Waals surface area contributed by atoms with Crippen LogP contribution in [0.1, 0.15) is 44.1 Å². The molecule has 9 heteroatoms. The summed E-state index contributed by atoms with van der Waals surface area (Å²) in [5.74, 6) is 1.65. The molecule has 37 heavy (non-hydrogen) atoms. The van der Waals surface area contributed by atoms with Crippen molar-refractivity contribution in [2.75, 3.05) is 26.7 Å². The maximum absolute atomic E-state index is 16.1. The summed E-state index contributed by atoms with van der Waals surface area (Å²) in [4.78, 5) is 20.4. The number of imidazole rings is 1. The van der Waals surface area contributed by atoms with Gasteiger partial charge in [0.25, 0.3) is 0 Å². The van der Waals surface area contributed by atoms with E-state index >= 15 is 4.39 Å². The number of aryl methyl sites for hydroxylation is 2. The molecule has 0 saturated carbocycles. The number of allylic oxidation sites excluding steroid dienone is 1. The van der Waals surface area contributed by atoms with E-state index in [1.54, 1.807) is 13.3 Å². The Labute approximate surface area is 216 Å². The van der Waals surface area contributed by atoms with Crippen molar-refractivity contribution < 1.29 is 13.5 Å². The van der Waals surface area contributed by atoms with Gasteiger partial charge in [-0.1, -0.05) is 6.92 Å². The maximum atomic E-state index is 16.1. The van der Waals surface area contributed by atoms with Crippen LogP contribution >= 0.6 is 0 Å². The number of fused-ring (bicyclic) bond motifs is 4. The zero-order valence-corrected chi connectivity index (χ0v) is 22.0. The molecule has 0 aromatic carbocycles. The van der Waals surface area contributed by atoms with Crippen LogP contribution in [0.25, 0.3) is 22.6 Å². The summed E-state index contributed by atoms with van der Waals surface area (Å²) < 4.78 is 38.2. The van der Waals surface area contributed by atoms with E-state index < -0.39 is 5.82 Å². The minimum atomic E-state index is -0.453. The van der Waals surface area contributed by atoms with Gasteiger partial charge in [-0.3, -0.25) is 4.98 Å². The molecule has 7 rings (SSSR count). The molecule has 196 valence electrons. The van der Waals surface area contributed by atoms with Crippen LogP contribution in [0.5, 0.6) is 0 Å². The van der Waals surface area contributed by atoms with Crippen LogP contribution in [0.4, 0.5) is 8.78 Å². The average Bonchev–Trinajstić information content (AvgIpc) is 3.24. The fourth-order valence-corrected chi connectivity index (χ4v) is 7.10. The van der Waals surface area contributed by atoms with Gasteiger partial charge in [-0.25, -0.2) is 23.7 Å². The molecule has 3 saturated heterocycles. The highest BCUT2D eigenvalue weighted by Crippen LogP contribution is 2.53. The Bertz CT molecular complexity index is 1380. The Morgan fingerprint density at radius 3 is 2.57 bits per heavy atom. The number of piperidine rings is 3. The highest BCUT2D eigenvalue weighted by Gasteiger charge is 2.51. The van der Waals surface area contributed by atoms with Crippen molar-refractivity contribution in [3.05, 3.63) is 47.2 Å². The smallest absolute Gasteiger partial charge is 0.164 e. The first-order valence-electron chi connectivity index (χ1n) is 13.2. The van der Waals surface area contributed by atoms with Crippen molar-refractivity contribution in [1.82, 2.24) is 29.4 Å². The summed E-state index contributed by atoms with van der Waals surface area (Å²) in [5.41, 5.74) is 2.92. The molecule has 3 unspecified atom stereocenters. The van der Waals surface area contributed by atoms with Gasteiger partial charge < -0.3 is 14.2 Å². The fraction of sp³-hybridized carbons (Fsp3) is 0.571. The van der Waals surface area contributed by atoms with Crippen LogP contribution in [0.15, 0.2) is 29.9 Å². The Morgan fingerprint density at radius 1 is 1.11 bits per heavy atom. The van der Waals surface area contributed by atoms with Gasteiger partial charge >= 0.3 is 0 Å². The molecule has 3 aromatic rings. The second-order valence-corrected chi connectivity index (χ2v) is 11.3. The van der Waals surface area contributed by atoms with E-state index in [0.717, 1.165) is 31.5 Å². The second-order valence-electron chi connectivity index (χ2n) is 11.3. The lowest BCUT2D eigenvalue weighted by Crippen LogP contribution is -2.56. The van der Waals surface area contributed by atoms with E-state index in [2.05, 4.69) is 26.8 Å². The molecule has 3 atom stereocenters. The molecule has 0 N–H and O–H groups in total. The van der Waals surface area contributed by atoms with Crippen molar-refractivity contribution in [3.8, 4) is 11.4 Å². The van der Waals surface area contributed by atoms with Crippen LogP contribution in [-0.4, -0.2) is 62.3 Å². The van der Waals surface area contributed by atoms with Crippen LogP contribution in [0.3, 0.4) is 0 Å². The van der Waals surface area contributed by atoms with Gasteiger partial charge in [0.15, 0.2) is 5.65 Å². The summed E-state index contributed by atoms with van der Waals surface area (Å²) in [7, 11) is 1.75. The third kappa shape index (κ3) is 4.16. The van der Waals surface area contributed by atoms with Crippen LogP contribution in [0, 0.1) is 36.9 Å². The van der Waals surface area contributed by atoms with Gasteiger partial charge in [0.05, 0.1) is 18.0 Å². The number of methoxy groups -OCH3 is 1. The Kier molecular flexibility index (Phi) is 6.11. The van der Waals surface area contributed by atoms with E-state index in [4.69, 9.17) is 9.72 Å². The van der Waals surface area contributed by atoms with Crippen molar-refractivity contribution in [1.29, 1.82) is 0 Å². The normalized spacial score (nSPS) is 29.9. The highest BCUT2D eigenvalue weighted by molar-refractivity contribution is 5.79. The van der Waals surface area contributed by atoms with Crippen LogP contribution in [-0.2, 0) is 11.3 Å². The van der Waals surface area contributed by atoms with E-state index in [1.165, 1.54) is 18.9 Å². The summed E-state index contributed by atoms with van der Waals surface area (Å²) in [6, 6.07) is 1.40. The lowest BCUT2D eigenvalue weighted by molar-refractivity contribution is -0.103. The topological polar surface area (TPSA) is 69.0 Å². The molecule has 3 aliphatic heterocycles. The molecular weight excluding hydrogens is 474 g/mol. The van der Waals surface area contributed by atoms with Gasteiger partial charge in [0.1, 0.15) is 28.8 Å². The molecule has 4 aliphatic rings. The molecule has 0 spiro atoms. The molecule has 2 bridgehead atoms. The first-order chi connectivity index (χ1) is 17.8. The number of halogens is 2.